The van der Waals surface area contributed by atoms with E-state index in [1.54, 1.807) is 6.08 Å². The maximum Gasteiger partial charge on any atom is 0.158 e. The van der Waals surface area contributed by atoms with Crippen LogP contribution in [-0.4, -0.2) is 17.0 Å². The minimum atomic E-state index is -0.347. The molecule has 1 N–H and O–H groups in total. The van der Waals surface area contributed by atoms with Crippen molar-refractivity contribution < 1.29 is 9.90 Å². The van der Waals surface area contributed by atoms with Crippen LogP contribution in [-0.2, 0) is 4.79 Å². The van der Waals surface area contributed by atoms with E-state index in [1.807, 2.05) is 107 Å². The number of carbonyl (C=O) groups excluding carboxylic acids is 1. The van der Waals surface area contributed by atoms with Gasteiger partial charge in [-0.2, -0.15) is 0 Å². The van der Waals surface area contributed by atoms with Gasteiger partial charge in [-0.15, -0.1) is 0 Å². The summed E-state index contributed by atoms with van der Waals surface area (Å²) < 4.78 is 0. The van der Waals surface area contributed by atoms with E-state index < -0.39 is 0 Å². The van der Waals surface area contributed by atoms with Gasteiger partial charge in [0, 0.05) is 5.92 Å². The Bertz CT molecular complexity index is 683. The lowest BCUT2D eigenvalue weighted by Gasteiger charge is -2.08. The van der Waals surface area contributed by atoms with Gasteiger partial charge in [-0.25, -0.2) is 0 Å². The van der Waals surface area contributed by atoms with Crippen molar-refractivity contribution in [3.63, 3.8) is 0 Å². The quantitative estimate of drug-likeness (QED) is 0.684. The molecule has 0 aromatic heterocycles. The molecule has 2 aromatic carbocycles. The van der Waals surface area contributed by atoms with Crippen molar-refractivity contribution in [1.29, 1.82) is 0 Å². The minimum Gasteiger partial charge on any atom is -0.389 e. The number of hydrogen-bond acceptors (Lipinski definition) is 2. The zero-order valence-electron chi connectivity index (χ0n) is 16.2. The highest BCUT2D eigenvalue weighted by Gasteiger charge is 2.03. The summed E-state index contributed by atoms with van der Waals surface area (Å²) in [5.41, 5.74) is 2.19. The van der Waals surface area contributed by atoms with Crippen LogP contribution < -0.4 is 0 Å². The fourth-order valence-electron chi connectivity index (χ4n) is 1.93. The number of rotatable bonds is 6. The van der Waals surface area contributed by atoms with Crippen LogP contribution in [0.4, 0.5) is 0 Å². The summed E-state index contributed by atoms with van der Waals surface area (Å²) >= 11 is 0. The van der Waals surface area contributed by atoms with Crippen LogP contribution in [0.2, 0.25) is 0 Å². The van der Waals surface area contributed by atoms with Gasteiger partial charge < -0.3 is 5.11 Å². The molecule has 1 unspecified atom stereocenters. The first-order valence-corrected chi connectivity index (χ1v) is 9.08. The molecule has 0 aliphatic rings. The molecule has 2 nitrogen and oxygen atoms in total. The van der Waals surface area contributed by atoms with E-state index in [0.29, 0.717) is 0 Å². The number of aliphatic hydroxyl groups excluding tert-OH is 1. The summed E-state index contributed by atoms with van der Waals surface area (Å²) in [6.45, 7) is 7.80. The Morgan fingerprint density at radius 3 is 1.69 bits per heavy atom. The molecule has 0 heterocycles. The van der Waals surface area contributed by atoms with Gasteiger partial charge in [-0.3, -0.25) is 4.79 Å². The first-order chi connectivity index (χ1) is 12.4. The molecule has 138 valence electrons. The van der Waals surface area contributed by atoms with Gasteiger partial charge in [0.15, 0.2) is 5.78 Å². The van der Waals surface area contributed by atoms with Crippen molar-refractivity contribution in [3.05, 3.63) is 83.9 Å². The molecule has 0 saturated heterocycles. The Balaban J connectivity index is 0.000000260. The first-order valence-electron chi connectivity index (χ1n) is 9.08. The third-order valence-electron chi connectivity index (χ3n) is 3.78. The van der Waals surface area contributed by atoms with Crippen molar-refractivity contribution in [2.24, 2.45) is 11.8 Å². The van der Waals surface area contributed by atoms with Crippen LogP contribution in [0.5, 0.6) is 0 Å². The van der Waals surface area contributed by atoms with Gasteiger partial charge in [0.2, 0.25) is 0 Å². The molecule has 0 saturated carbocycles. The van der Waals surface area contributed by atoms with Crippen molar-refractivity contribution in [3.8, 4) is 0 Å². The van der Waals surface area contributed by atoms with E-state index in [9.17, 15) is 9.90 Å². The molecule has 1 atom stereocenters. The van der Waals surface area contributed by atoms with Crippen LogP contribution in [0, 0.1) is 11.8 Å². The number of carbonyl (C=O) groups is 1. The molecule has 2 heteroatoms. The highest BCUT2D eigenvalue weighted by Crippen LogP contribution is 2.07. The summed E-state index contributed by atoms with van der Waals surface area (Å²) in [6, 6.07) is 19.8. The highest BCUT2D eigenvalue weighted by atomic mass is 16.3. The molecule has 0 aliphatic heterocycles. The summed E-state index contributed by atoms with van der Waals surface area (Å²) in [5.74, 6) is 0.531. The summed E-state index contributed by atoms with van der Waals surface area (Å²) in [6.07, 6.45) is 6.92. The lowest BCUT2D eigenvalue weighted by molar-refractivity contribution is -0.117. The maximum absolute atomic E-state index is 11.2. The molecule has 0 spiro atoms. The Morgan fingerprint density at radius 2 is 1.27 bits per heavy atom. The Morgan fingerprint density at radius 1 is 0.808 bits per heavy atom. The normalized spacial score (nSPS) is 12.4. The van der Waals surface area contributed by atoms with Crippen LogP contribution in [0.15, 0.2) is 72.8 Å². The molecule has 0 radical (unpaired) electrons. The Hall–Kier alpha value is -2.45. The topological polar surface area (TPSA) is 37.3 Å². The summed E-state index contributed by atoms with van der Waals surface area (Å²) in [5, 5.41) is 9.50. The highest BCUT2D eigenvalue weighted by molar-refractivity contribution is 5.94. The zero-order chi connectivity index (χ0) is 19.4. The van der Waals surface area contributed by atoms with Gasteiger partial charge in [0.25, 0.3) is 0 Å². The van der Waals surface area contributed by atoms with Crippen molar-refractivity contribution in [1.82, 2.24) is 0 Å². The maximum atomic E-state index is 11.2. The van der Waals surface area contributed by atoms with Crippen molar-refractivity contribution in [2.45, 2.75) is 33.8 Å². The SMILES string of the molecule is CC(C)C(=O)/C=C/c1ccccc1.CC(C)C(O)/C=C/c1ccccc1. The van der Waals surface area contributed by atoms with Crippen LogP contribution in [0.3, 0.4) is 0 Å². The molecular weight excluding hydrogens is 320 g/mol. The van der Waals surface area contributed by atoms with Crippen molar-refractivity contribution >= 4 is 17.9 Å². The molecule has 2 rings (SSSR count). The smallest absolute Gasteiger partial charge is 0.158 e. The van der Waals surface area contributed by atoms with Gasteiger partial charge in [-0.05, 0) is 23.1 Å². The fraction of sp³-hybridized carbons (Fsp3) is 0.292. The van der Waals surface area contributed by atoms with E-state index in [0.717, 1.165) is 11.1 Å². The predicted molar refractivity (Wildman–Crippen MR) is 112 cm³/mol. The largest absolute Gasteiger partial charge is 0.389 e. The Kier molecular flexibility index (Phi) is 9.96. The third kappa shape index (κ3) is 9.14. The monoisotopic (exact) mass is 350 g/mol. The average Bonchev–Trinajstić information content (AvgIpc) is 2.66. The van der Waals surface area contributed by atoms with Gasteiger partial charge in [0.1, 0.15) is 0 Å². The van der Waals surface area contributed by atoms with Crippen LogP contribution in [0.25, 0.3) is 12.2 Å². The molecule has 0 aliphatic carbocycles. The lowest BCUT2D eigenvalue weighted by atomic mass is 10.1. The molecule has 2 aromatic rings. The molecule has 0 amide bonds. The van der Waals surface area contributed by atoms with Gasteiger partial charge in [-0.1, -0.05) is 107 Å². The second-order valence-electron chi connectivity index (χ2n) is 6.81. The van der Waals surface area contributed by atoms with E-state index >= 15 is 0 Å². The summed E-state index contributed by atoms with van der Waals surface area (Å²) in [7, 11) is 0. The zero-order valence-corrected chi connectivity index (χ0v) is 16.2. The minimum absolute atomic E-state index is 0.0833. The van der Waals surface area contributed by atoms with E-state index in [2.05, 4.69) is 0 Å². The second-order valence-corrected chi connectivity index (χ2v) is 6.81. The number of ketones is 1. The lowest BCUT2D eigenvalue weighted by Crippen LogP contribution is -2.10. The number of aliphatic hydroxyl groups is 1. The predicted octanol–water partition coefficient (Wildman–Crippen LogP) is 5.64. The standard InChI is InChI=1S/C12H16O.C12H14O/c2*1-10(2)12(13)9-8-11-6-4-3-5-7-11/h3-10,12-13H,1-2H3;3-10H,1-2H3/b2*9-8+. The molecular formula is C24H30O2. The van der Waals surface area contributed by atoms with Crippen molar-refractivity contribution in [2.75, 3.05) is 0 Å². The van der Waals surface area contributed by atoms with E-state index in [4.69, 9.17) is 0 Å². The molecule has 26 heavy (non-hydrogen) atoms. The van der Waals surface area contributed by atoms with Gasteiger partial charge in [0.05, 0.1) is 6.10 Å². The Labute approximate surface area is 157 Å². The summed E-state index contributed by atoms with van der Waals surface area (Å²) in [4.78, 5) is 11.2. The number of benzene rings is 2. The van der Waals surface area contributed by atoms with E-state index in [1.165, 1.54) is 0 Å². The van der Waals surface area contributed by atoms with Gasteiger partial charge >= 0.3 is 0 Å². The average molecular weight is 351 g/mol. The molecule has 0 bridgehead atoms. The molecule has 0 fully saturated rings. The van der Waals surface area contributed by atoms with Crippen LogP contribution in [0.1, 0.15) is 38.8 Å². The second kappa shape index (κ2) is 12.0. The fourth-order valence-corrected chi connectivity index (χ4v) is 1.93. The number of hydrogen-bond donors (Lipinski definition) is 1. The van der Waals surface area contributed by atoms with E-state index in [-0.39, 0.29) is 23.7 Å². The van der Waals surface area contributed by atoms with Crippen LogP contribution >= 0.6 is 0 Å². The third-order valence-corrected chi connectivity index (χ3v) is 3.78. The number of allylic oxidation sites excluding steroid dienone is 1. The first kappa shape index (κ1) is 21.6.